The third-order valence-corrected chi connectivity index (χ3v) is 3.16. The van der Waals surface area contributed by atoms with Crippen molar-refractivity contribution in [2.45, 2.75) is 12.5 Å². The number of aliphatic hydroxyl groups excluding tert-OH is 1. The maximum atomic E-state index is 10.2. The highest BCUT2D eigenvalue weighted by atomic mass is 16.5. The van der Waals surface area contributed by atoms with Crippen molar-refractivity contribution < 1.29 is 9.84 Å². The minimum atomic E-state index is -0.390. The zero-order valence-corrected chi connectivity index (χ0v) is 9.89. The first kappa shape index (κ1) is 11.4. The van der Waals surface area contributed by atoms with Crippen LogP contribution in [0.5, 0.6) is 0 Å². The Bertz CT molecular complexity index is 328. The topological polar surface area (TPSA) is 32.7 Å². The van der Waals surface area contributed by atoms with E-state index in [0.717, 1.165) is 24.3 Å². The molecule has 0 aliphatic carbocycles. The molecule has 1 fully saturated rings. The van der Waals surface area contributed by atoms with Gasteiger partial charge in [0.05, 0.1) is 12.7 Å². The number of hydrogen-bond acceptors (Lipinski definition) is 3. The molecular weight excluding hydrogens is 202 g/mol. The highest BCUT2D eigenvalue weighted by molar-refractivity contribution is 5.46. The molecule has 3 heteroatoms. The van der Waals surface area contributed by atoms with Crippen molar-refractivity contribution in [3.8, 4) is 0 Å². The van der Waals surface area contributed by atoms with E-state index in [2.05, 4.69) is 4.90 Å². The third-order valence-electron chi connectivity index (χ3n) is 3.16. The van der Waals surface area contributed by atoms with Crippen molar-refractivity contribution in [2.75, 3.05) is 32.2 Å². The van der Waals surface area contributed by atoms with Crippen molar-refractivity contribution >= 4 is 5.69 Å². The average molecular weight is 221 g/mol. The molecule has 1 heterocycles. The molecule has 1 N–H and O–H groups in total. The quantitative estimate of drug-likeness (QED) is 0.845. The van der Waals surface area contributed by atoms with Gasteiger partial charge < -0.3 is 14.7 Å². The number of hydrogen-bond donors (Lipinski definition) is 1. The lowest BCUT2D eigenvalue weighted by atomic mass is 9.95. The van der Waals surface area contributed by atoms with Crippen LogP contribution in [0.4, 0.5) is 5.69 Å². The lowest BCUT2D eigenvalue weighted by molar-refractivity contribution is 0.0918. The van der Waals surface area contributed by atoms with Crippen molar-refractivity contribution in [2.24, 2.45) is 5.92 Å². The van der Waals surface area contributed by atoms with Crippen LogP contribution in [0, 0.1) is 5.92 Å². The number of anilines is 1. The Morgan fingerprint density at radius 2 is 2.00 bits per heavy atom. The molecule has 0 bridgehead atoms. The Kier molecular flexibility index (Phi) is 3.46. The number of nitrogens with zero attached hydrogens (tertiary/aromatic N) is 1. The van der Waals surface area contributed by atoms with E-state index in [-0.39, 0.29) is 5.92 Å². The minimum Gasteiger partial charge on any atom is -0.388 e. The molecule has 0 radical (unpaired) electrons. The summed E-state index contributed by atoms with van der Waals surface area (Å²) in [5, 5.41) is 10.2. The van der Waals surface area contributed by atoms with Gasteiger partial charge in [-0.15, -0.1) is 0 Å². The summed E-state index contributed by atoms with van der Waals surface area (Å²) >= 11 is 0. The van der Waals surface area contributed by atoms with E-state index in [1.165, 1.54) is 0 Å². The molecule has 0 spiro atoms. The Morgan fingerprint density at radius 1 is 1.31 bits per heavy atom. The second-order valence-electron chi connectivity index (χ2n) is 4.55. The second kappa shape index (κ2) is 4.85. The third kappa shape index (κ3) is 2.36. The predicted octanol–water partition coefficient (Wildman–Crippen LogP) is 1.82. The summed E-state index contributed by atoms with van der Waals surface area (Å²) in [6.45, 7) is 1.45. The van der Waals surface area contributed by atoms with E-state index in [1.54, 1.807) is 0 Å². The van der Waals surface area contributed by atoms with Crippen molar-refractivity contribution in [3.05, 3.63) is 29.8 Å². The number of rotatable bonds is 3. The number of ether oxygens (including phenoxy) is 1. The predicted molar refractivity (Wildman–Crippen MR) is 64.7 cm³/mol. The normalized spacial score (nSPS) is 22.1. The van der Waals surface area contributed by atoms with Crippen LogP contribution >= 0.6 is 0 Å². The summed E-state index contributed by atoms with van der Waals surface area (Å²) in [6, 6.07) is 8.07. The fourth-order valence-corrected chi connectivity index (χ4v) is 2.04. The van der Waals surface area contributed by atoms with Crippen LogP contribution in [0.25, 0.3) is 0 Å². The van der Waals surface area contributed by atoms with Gasteiger partial charge in [0.25, 0.3) is 0 Å². The first-order valence-electron chi connectivity index (χ1n) is 5.71. The smallest absolute Gasteiger partial charge is 0.0841 e. The fraction of sp³-hybridized carbons (Fsp3) is 0.538. The zero-order chi connectivity index (χ0) is 11.5. The van der Waals surface area contributed by atoms with Gasteiger partial charge in [0.1, 0.15) is 0 Å². The molecule has 1 aromatic rings. The van der Waals surface area contributed by atoms with E-state index >= 15 is 0 Å². The van der Waals surface area contributed by atoms with Gasteiger partial charge in [0.15, 0.2) is 0 Å². The largest absolute Gasteiger partial charge is 0.388 e. The first-order valence-corrected chi connectivity index (χ1v) is 5.71. The zero-order valence-electron chi connectivity index (χ0n) is 9.89. The molecular formula is C13H19NO2. The van der Waals surface area contributed by atoms with Gasteiger partial charge in [-0.3, -0.25) is 0 Å². The van der Waals surface area contributed by atoms with Crippen LogP contribution in [-0.2, 0) is 4.74 Å². The lowest BCUT2D eigenvalue weighted by Gasteiger charge is -2.18. The van der Waals surface area contributed by atoms with Gasteiger partial charge in [-0.25, -0.2) is 0 Å². The molecule has 1 aliphatic rings. The minimum absolute atomic E-state index is 0.255. The Hall–Kier alpha value is -1.06. The van der Waals surface area contributed by atoms with Gasteiger partial charge in [0, 0.05) is 32.3 Å². The second-order valence-corrected chi connectivity index (χ2v) is 4.55. The van der Waals surface area contributed by atoms with Crippen LogP contribution in [0.15, 0.2) is 24.3 Å². The molecule has 2 rings (SSSR count). The summed E-state index contributed by atoms with van der Waals surface area (Å²) in [6.07, 6.45) is 0.565. The van der Waals surface area contributed by atoms with Crippen LogP contribution < -0.4 is 4.90 Å². The van der Waals surface area contributed by atoms with Crippen molar-refractivity contribution in [3.63, 3.8) is 0 Å². The van der Waals surface area contributed by atoms with Crippen molar-refractivity contribution in [1.82, 2.24) is 0 Å². The molecule has 0 amide bonds. The molecule has 88 valence electrons. The van der Waals surface area contributed by atoms with Crippen LogP contribution in [0.1, 0.15) is 18.1 Å². The Labute approximate surface area is 96.6 Å². The van der Waals surface area contributed by atoms with E-state index in [4.69, 9.17) is 4.74 Å². The van der Waals surface area contributed by atoms with Gasteiger partial charge >= 0.3 is 0 Å². The highest BCUT2D eigenvalue weighted by Gasteiger charge is 2.24. The van der Waals surface area contributed by atoms with E-state index in [0.29, 0.717) is 6.61 Å². The summed E-state index contributed by atoms with van der Waals surface area (Å²) < 4.78 is 5.29. The molecule has 2 unspecified atom stereocenters. The molecule has 0 saturated carbocycles. The Morgan fingerprint density at radius 3 is 2.50 bits per heavy atom. The number of aliphatic hydroxyl groups is 1. The molecule has 1 aromatic carbocycles. The molecule has 2 atom stereocenters. The standard InChI is InChI=1S/C13H19NO2/c1-14(2)12-5-3-10(4-6-12)13(15)11-7-8-16-9-11/h3-6,11,13,15H,7-9H2,1-2H3. The van der Waals surface area contributed by atoms with E-state index in [9.17, 15) is 5.11 Å². The summed E-state index contributed by atoms with van der Waals surface area (Å²) in [7, 11) is 4.02. The van der Waals surface area contributed by atoms with Gasteiger partial charge in [-0.05, 0) is 24.1 Å². The van der Waals surface area contributed by atoms with Gasteiger partial charge in [0.2, 0.25) is 0 Å². The molecule has 16 heavy (non-hydrogen) atoms. The average Bonchev–Trinajstić information content (AvgIpc) is 2.81. The Balaban J connectivity index is 2.08. The molecule has 0 aromatic heterocycles. The van der Waals surface area contributed by atoms with E-state index in [1.807, 2.05) is 38.4 Å². The van der Waals surface area contributed by atoms with Gasteiger partial charge in [-0.1, -0.05) is 12.1 Å². The highest BCUT2D eigenvalue weighted by Crippen LogP contribution is 2.29. The SMILES string of the molecule is CN(C)c1ccc(C(O)C2CCOC2)cc1. The monoisotopic (exact) mass is 221 g/mol. The van der Waals surface area contributed by atoms with E-state index < -0.39 is 6.10 Å². The van der Waals surface area contributed by atoms with Gasteiger partial charge in [-0.2, -0.15) is 0 Å². The lowest BCUT2D eigenvalue weighted by Crippen LogP contribution is -2.13. The summed E-state index contributed by atoms with van der Waals surface area (Å²) in [4.78, 5) is 2.05. The molecule has 3 nitrogen and oxygen atoms in total. The van der Waals surface area contributed by atoms with Crippen molar-refractivity contribution in [1.29, 1.82) is 0 Å². The van der Waals surface area contributed by atoms with Crippen LogP contribution in [0.2, 0.25) is 0 Å². The molecule has 1 aliphatic heterocycles. The number of benzene rings is 1. The first-order chi connectivity index (χ1) is 7.68. The molecule has 1 saturated heterocycles. The maximum Gasteiger partial charge on any atom is 0.0841 e. The summed E-state index contributed by atoms with van der Waals surface area (Å²) in [5.41, 5.74) is 2.14. The van der Waals surface area contributed by atoms with Crippen LogP contribution in [0.3, 0.4) is 0 Å². The van der Waals surface area contributed by atoms with Crippen LogP contribution in [-0.4, -0.2) is 32.4 Å². The maximum absolute atomic E-state index is 10.2. The fourth-order valence-electron chi connectivity index (χ4n) is 2.04. The summed E-state index contributed by atoms with van der Waals surface area (Å²) in [5.74, 6) is 0.255.